The Labute approximate surface area is 112 Å². The number of amides is 1. The van der Waals surface area contributed by atoms with Gasteiger partial charge in [-0.1, -0.05) is 20.3 Å². The van der Waals surface area contributed by atoms with Gasteiger partial charge in [-0.05, 0) is 39.8 Å². The van der Waals surface area contributed by atoms with Gasteiger partial charge in [-0.3, -0.25) is 4.79 Å². The summed E-state index contributed by atoms with van der Waals surface area (Å²) in [5.74, 6) is 0.373. The smallest absolute Gasteiger partial charge is 0.220 e. The van der Waals surface area contributed by atoms with Crippen molar-refractivity contribution in [3.8, 4) is 0 Å². The molecule has 4 heteroatoms. The number of hydrogen-bond acceptors (Lipinski definition) is 3. The molecule has 0 bridgehead atoms. The van der Waals surface area contributed by atoms with Crippen LogP contribution in [0.4, 0.5) is 0 Å². The molecular weight excluding hydrogens is 228 g/mol. The highest BCUT2D eigenvalue weighted by atomic mass is 16.1. The van der Waals surface area contributed by atoms with E-state index in [-0.39, 0.29) is 11.7 Å². The van der Waals surface area contributed by atoms with Crippen molar-refractivity contribution in [2.75, 3.05) is 20.1 Å². The average Bonchev–Trinajstić information content (AvgIpc) is 2.36. The summed E-state index contributed by atoms with van der Waals surface area (Å²) in [5, 5.41) is 5.88. The third-order valence-electron chi connectivity index (χ3n) is 2.36. The van der Waals surface area contributed by atoms with Crippen LogP contribution in [-0.2, 0) is 9.59 Å². The molecule has 0 rings (SSSR count). The lowest BCUT2D eigenvalue weighted by Gasteiger charge is -2.04. The molecule has 4 nitrogen and oxygen atoms in total. The molecule has 0 aliphatic rings. The molecule has 0 saturated carbocycles. The molecule has 0 spiro atoms. The predicted octanol–water partition coefficient (Wildman–Crippen LogP) is 2.28. The summed E-state index contributed by atoms with van der Waals surface area (Å²) in [6.07, 6.45) is 5.05. The summed E-state index contributed by atoms with van der Waals surface area (Å²) in [6, 6.07) is 0. The van der Waals surface area contributed by atoms with Gasteiger partial charge >= 0.3 is 0 Å². The van der Waals surface area contributed by atoms with Crippen LogP contribution in [0.2, 0.25) is 0 Å². The lowest BCUT2D eigenvalue weighted by Crippen LogP contribution is -2.25. The van der Waals surface area contributed by atoms with E-state index in [4.69, 9.17) is 0 Å². The highest BCUT2D eigenvalue weighted by Gasteiger charge is 1.99. The van der Waals surface area contributed by atoms with Gasteiger partial charge in [-0.25, -0.2) is 0 Å². The van der Waals surface area contributed by atoms with Gasteiger partial charge in [0, 0.05) is 19.4 Å². The van der Waals surface area contributed by atoms with Gasteiger partial charge in [0.15, 0.2) is 0 Å². The lowest BCUT2D eigenvalue weighted by atomic mass is 10.1. The molecule has 18 heavy (non-hydrogen) atoms. The van der Waals surface area contributed by atoms with E-state index in [1.807, 2.05) is 20.9 Å². The Morgan fingerprint density at radius 2 is 1.56 bits per heavy atom. The van der Waals surface area contributed by atoms with Crippen LogP contribution in [0.5, 0.6) is 0 Å². The fourth-order valence-corrected chi connectivity index (χ4v) is 1.42. The van der Waals surface area contributed by atoms with Crippen molar-refractivity contribution in [1.82, 2.24) is 10.6 Å². The van der Waals surface area contributed by atoms with Crippen LogP contribution in [-0.4, -0.2) is 31.8 Å². The van der Waals surface area contributed by atoms with E-state index in [0.29, 0.717) is 12.8 Å². The van der Waals surface area contributed by atoms with Crippen LogP contribution in [0.25, 0.3) is 0 Å². The lowest BCUT2D eigenvalue weighted by molar-refractivity contribution is -0.121. The molecular formula is C14H30N2O2. The van der Waals surface area contributed by atoms with Crippen molar-refractivity contribution in [2.24, 2.45) is 0 Å². The maximum absolute atomic E-state index is 11.3. The Bertz CT molecular complexity index is 206. The highest BCUT2D eigenvalue weighted by Crippen LogP contribution is 1.99. The third kappa shape index (κ3) is 17.5. The van der Waals surface area contributed by atoms with Gasteiger partial charge in [0.05, 0.1) is 0 Å². The fraction of sp³-hybridized carbons (Fsp3) is 0.857. The number of carbonyl (C=O) groups is 2. The number of ketones is 1. The molecule has 2 N–H and O–H groups in total. The minimum atomic E-state index is 0.127. The van der Waals surface area contributed by atoms with Crippen LogP contribution in [0, 0.1) is 0 Å². The molecule has 108 valence electrons. The van der Waals surface area contributed by atoms with Crippen molar-refractivity contribution < 1.29 is 9.59 Å². The SMILES string of the molecule is CC.CNCCCC(=O)NCCCCCC(C)=O. The van der Waals surface area contributed by atoms with Crippen molar-refractivity contribution in [2.45, 2.75) is 59.3 Å². The fourth-order valence-electron chi connectivity index (χ4n) is 1.42. The van der Waals surface area contributed by atoms with Crippen LogP contribution in [0.3, 0.4) is 0 Å². The predicted molar refractivity (Wildman–Crippen MR) is 76.7 cm³/mol. The molecule has 0 heterocycles. The first-order valence-electron chi connectivity index (χ1n) is 7.07. The van der Waals surface area contributed by atoms with Crippen LogP contribution >= 0.6 is 0 Å². The molecule has 0 aliphatic heterocycles. The third-order valence-corrected chi connectivity index (χ3v) is 2.36. The Hall–Kier alpha value is -0.900. The molecule has 1 amide bonds. The molecule has 0 aromatic rings. The van der Waals surface area contributed by atoms with E-state index in [1.54, 1.807) is 6.92 Å². The standard InChI is InChI=1S/C12H24N2O2.C2H6/c1-11(15)7-4-3-5-10-14-12(16)8-6-9-13-2;1-2/h13H,3-10H2,1-2H3,(H,14,16);1-2H3. The Morgan fingerprint density at radius 3 is 2.11 bits per heavy atom. The van der Waals surface area contributed by atoms with Gasteiger partial charge in [-0.2, -0.15) is 0 Å². The monoisotopic (exact) mass is 258 g/mol. The second kappa shape index (κ2) is 16.1. The number of rotatable bonds is 10. The van der Waals surface area contributed by atoms with Gasteiger partial charge in [0.25, 0.3) is 0 Å². The molecule has 0 radical (unpaired) electrons. The molecule has 0 aromatic heterocycles. The summed E-state index contributed by atoms with van der Waals surface area (Å²) in [6.45, 7) is 7.23. The Balaban J connectivity index is 0. The molecule has 0 atom stereocenters. The van der Waals surface area contributed by atoms with E-state index >= 15 is 0 Å². The summed E-state index contributed by atoms with van der Waals surface area (Å²) >= 11 is 0. The second-order valence-corrected chi connectivity index (χ2v) is 4.07. The number of Topliss-reactive ketones (excluding diaryl/α,β-unsaturated/α-hetero) is 1. The van der Waals surface area contributed by atoms with Crippen LogP contribution < -0.4 is 10.6 Å². The number of carbonyl (C=O) groups excluding carboxylic acids is 2. The van der Waals surface area contributed by atoms with E-state index < -0.39 is 0 Å². The topological polar surface area (TPSA) is 58.2 Å². The maximum Gasteiger partial charge on any atom is 0.220 e. The number of hydrogen-bond donors (Lipinski definition) is 2. The summed E-state index contributed by atoms with van der Waals surface area (Å²) in [4.78, 5) is 21.9. The first kappa shape index (κ1) is 19.4. The van der Waals surface area contributed by atoms with Gasteiger partial charge in [0.2, 0.25) is 5.91 Å². The minimum Gasteiger partial charge on any atom is -0.356 e. The Morgan fingerprint density at radius 1 is 0.889 bits per heavy atom. The first-order chi connectivity index (χ1) is 8.66. The largest absolute Gasteiger partial charge is 0.356 e. The summed E-state index contributed by atoms with van der Waals surface area (Å²) in [5.41, 5.74) is 0. The zero-order valence-corrected chi connectivity index (χ0v) is 12.5. The molecule has 0 fully saturated rings. The van der Waals surface area contributed by atoms with Crippen molar-refractivity contribution in [3.05, 3.63) is 0 Å². The van der Waals surface area contributed by atoms with Crippen LogP contribution in [0.1, 0.15) is 59.3 Å². The van der Waals surface area contributed by atoms with E-state index in [0.717, 1.165) is 38.8 Å². The van der Waals surface area contributed by atoms with Crippen molar-refractivity contribution in [1.29, 1.82) is 0 Å². The average molecular weight is 258 g/mol. The Kier molecular flexibility index (Phi) is 17.4. The zero-order chi connectivity index (χ0) is 14.2. The molecule has 0 unspecified atom stereocenters. The van der Waals surface area contributed by atoms with Crippen molar-refractivity contribution >= 4 is 11.7 Å². The molecule has 0 aliphatic carbocycles. The minimum absolute atomic E-state index is 0.127. The van der Waals surface area contributed by atoms with Crippen molar-refractivity contribution in [3.63, 3.8) is 0 Å². The van der Waals surface area contributed by atoms with Crippen LogP contribution in [0.15, 0.2) is 0 Å². The zero-order valence-electron chi connectivity index (χ0n) is 12.5. The van der Waals surface area contributed by atoms with E-state index in [1.165, 1.54) is 0 Å². The highest BCUT2D eigenvalue weighted by molar-refractivity contribution is 5.76. The second-order valence-electron chi connectivity index (χ2n) is 4.07. The summed E-state index contributed by atoms with van der Waals surface area (Å²) < 4.78 is 0. The quantitative estimate of drug-likeness (QED) is 0.591. The van der Waals surface area contributed by atoms with Gasteiger partial charge in [0.1, 0.15) is 5.78 Å². The van der Waals surface area contributed by atoms with Gasteiger partial charge in [-0.15, -0.1) is 0 Å². The maximum atomic E-state index is 11.3. The van der Waals surface area contributed by atoms with Gasteiger partial charge < -0.3 is 15.4 Å². The normalized spacial score (nSPS) is 9.33. The number of nitrogens with one attached hydrogen (secondary N) is 2. The van der Waals surface area contributed by atoms with E-state index in [2.05, 4.69) is 10.6 Å². The first-order valence-corrected chi connectivity index (χ1v) is 7.07. The molecule has 0 aromatic carbocycles. The molecule has 0 saturated heterocycles. The summed E-state index contributed by atoms with van der Waals surface area (Å²) in [7, 11) is 1.88. The number of unbranched alkanes of at least 4 members (excludes halogenated alkanes) is 2. The van der Waals surface area contributed by atoms with E-state index in [9.17, 15) is 9.59 Å².